The number of hydrogen-bond donors (Lipinski definition) is 0. The Kier molecular flexibility index (Phi) is 1.64. The molecule has 2 fully saturated rings. The Morgan fingerprint density at radius 1 is 1.31 bits per heavy atom. The van der Waals surface area contributed by atoms with Gasteiger partial charge in [0.1, 0.15) is 0 Å². The molecule has 4 rings (SSSR count). The summed E-state index contributed by atoms with van der Waals surface area (Å²) in [6.07, 6.45) is 11.9. The highest BCUT2D eigenvalue weighted by Gasteiger charge is 2.58. The first-order chi connectivity index (χ1) is 7.80. The van der Waals surface area contributed by atoms with Crippen LogP contribution in [0.15, 0.2) is 24.3 Å². The molecule has 2 bridgehead atoms. The van der Waals surface area contributed by atoms with Crippen LogP contribution in [0, 0.1) is 23.7 Å². The van der Waals surface area contributed by atoms with Crippen LogP contribution in [0.1, 0.15) is 19.3 Å². The Balaban J connectivity index is 1.83. The smallest absolute Gasteiger partial charge is 0.159 e. The molecule has 0 aromatic rings. The van der Waals surface area contributed by atoms with E-state index >= 15 is 0 Å². The second kappa shape index (κ2) is 2.86. The van der Waals surface area contributed by atoms with Crippen LogP contribution in [0.5, 0.6) is 0 Å². The summed E-state index contributed by atoms with van der Waals surface area (Å²) in [4.78, 5) is 12.0. The fourth-order valence-corrected chi connectivity index (χ4v) is 4.40. The minimum absolute atomic E-state index is 0.0945. The lowest BCUT2D eigenvalue weighted by Crippen LogP contribution is -2.47. The van der Waals surface area contributed by atoms with Gasteiger partial charge in [-0.2, -0.15) is 0 Å². The van der Waals surface area contributed by atoms with Crippen LogP contribution in [0.4, 0.5) is 0 Å². The molecular weight excluding hydrogens is 200 g/mol. The number of allylic oxidation sites excluding steroid dienone is 3. The largest absolute Gasteiger partial charge is 0.371 e. The van der Waals surface area contributed by atoms with Crippen molar-refractivity contribution < 1.29 is 9.53 Å². The van der Waals surface area contributed by atoms with E-state index in [4.69, 9.17) is 4.74 Å². The topological polar surface area (TPSA) is 26.3 Å². The zero-order valence-corrected chi connectivity index (χ0v) is 9.26. The van der Waals surface area contributed by atoms with Crippen LogP contribution in [0.3, 0.4) is 0 Å². The first-order valence-electron chi connectivity index (χ1n) is 6.36. The van der Waals surface area contributed by atoms with E-state index in [0.29, 0.717) is 23.5 Å². The van der Waals surface area contributed by atoms with Crippen molar-refractivity contribution in [1.82, 2.24) is 0 Å². The lowest BCUT2D eigenvalue weighted by atomic mass is 9.66. The SMILES string of the molecule is O=C1C=C[C@@]2(CCCO2)[C@H]2C3C=CC(C3)[C@@H]12. The van der Waals surface area contributed by atoms with E-state index in [2.05, 4.69) is 18.2 Å². The third kappa shape index (κ3) is 0.945. The zero-order valence-electron chi connectivity index (χ0n) is 9.26. The van der Waals surface area contributed by atoms with Gasteiger partial charge >= 0.3 is 0 Å². The van der Waals surface area contributed by atoms with Gasteiger partial charge in [0, 0.05) is 18.4 Å². The van der Waals surface area contributed by atoms with Gasteiger partial charge in [-0.3, -0.25) is 4.79 Å². The summed E-state index contributed by atoms with van der Waals surface area (Å²) in [6, 6.07) is 0. The highest BCUT2D eigenvalue weighted by atomic mass is 16.5. The van der Waals surface area contributed by atoms with Gasteiger partial charge in [-0.1, -0.05) is 12.2 Å². The number of rotatable bonds is 0. The molecule has 4 aliphatic rings. The van der Waals surface area contributed by atoms with Crippen molar-refractivity contribution in [3.8, 4) is 0 Å². The van der Waals surface area contributed by atoms with Crippen molar-refractivity contribution in [2.75, 3.05) is 6.61 Å². The first-order valence-corrected chi connectivity index (χ1v) is 6.36. The second-order valence-electron chi connectivity index (χ2n) is 5.64. The van der Waals surface area contributed by atoms with Gasteiger partial charge in [-0.15, -0.1) is 0 Å². The standard InChI is InChI=1S/C14H16O2/c15-11-4-6-14(5-1-7-16-14)13-10-3-2-9(8-10)12(11)13/h2-4,6,9-10,12-13H,1,5,7-8H2/t9?,10?,12-,13-,14-/m0/s1. The summed E-state index contributed by atoms with van der Waals surface area (Å²) in [6.45, 7) is 0.864. The minimum atomic E-state index is -0.0945. The van der Waals surface area contributed by atoms with Gasteiger partial charge < -0.3 is 4.74 Å². The van der Waals surface area contributed by atoms with Crippen LogP contribution >= 0.6 is 0 Å². The van der Waals surface area contributed by atoms with Crippen molar-refractivity contribution in [1.29, 1.82) is 0 Å². The number of carbonyl (C=O) groups excluding carboxylic acids is 1. The Morgan fingerprint density at radius 2 is 2.19 bits per heavy atom. The van der Waals surface area contributed by atoms with Gasteiger partial charge in [-0.05, 0) is 43.3 Å². The molecule has 1 heterocycles. The van der Waals surface area contributed by atoms with Crippen molar-refractivity contribution in [2.45, 2.75) is 24.9 Å². The first kappa shape index (κ1) is 9.17. The molecule has 84 valence electrons. The van der Waals surface area contributed by atoms with Crippen LogP contribution in [-0.2, 0) is 9.53 Å². The summed E-state index contributed by atoms with van der Waals surface area (Å²) in [5, 5.41) is 0. The quantitative estimate of drug-likeness (QED) is 0.580. The third-order valence-corrected chi connectivity index (χ3v) is 4.96. The summed E-state index contributed by atoms with van der Waals surface area (Å²) < 4.78 is 6.02. The van der Waals surface area contributed by atoms with Crippen LogP contribution < -0.4 is 0 Å². The van der Waals surface area contributed by atoms with Crippen molar-refractivity contribution >= 4 is 5.78 Å². The van der Waals surface area contributed by atoms with E-state index in [0.717, 1.165) is 19.4 Å². The molecular formula is C14H16O2. The monoisotopic (exact) mass is 216 g/mol. The van der Waals surface area contributed by atoms with Gasteiger partial charge in [0.25, 0.3) is 0 Å². The molecule has 0 aromatic carbocycles. The maximum atomic E-state index is 12.0. The van der Waals surface area contributed by atoms with E-state index in [9.17, 15) is 4.79 Å². The van der Waals surface area contributed by atoms with Crippen LogP contribution in [0.25, 0.3) is 0 Å². The third-order valence-electron chi connectivity index (χ3n) is 4.96. The Bertz CT molecular complexity index is 401. The summed E-state index contributed by atoms with van der Waals surface area (Å²) in [7, 11) is 0. The molecule has 1 spiro atoms. The van der Waals surface area contributed by atoms with E-state index in [1.54, 1.807) is 6.08 Å². The maximum Gasteiger partial charge on any atom is 0.159 e. The number of ether oxygens (including phenoxy) is 1. The van der Waals surface area contributed by atoms with Crippen molar-refractivity contribution in [2.24, 2.45) is 23.7 Å². The van der Waals surface area contributed by atoms with E-state index < -0.39 is 0 Å². The van der Waals surface area contributed by atoms with Crippen LogP contribution in [0.2, 0.25) is 0 Å². The van der Waals surface area contributed by atoms with Gasteiger partial charge in [0.2, 0.25) is 0 Å². The van der Waals surface area contributed by atoms with Gasteiger partial charge in [0.15, 0.2) is 5.78 Å². The Labute approximate surface area is 95.4 Å². The number of ketones is 1. The molecule has 16 heavy (non-hydrogen) atoms. The fourth-order valence-electron chi connectivity index (χ4n) is 4.40. The Hall–Kier alpha value is -0.890. The lowest BCUT2D eigenvalue weighted by Gasteiger charge is -2.42. The second-order valence-corrected chi connectivity index (χ2v) is 5.64. The number of carbonyl (C=O) groups is 1. The molecule has 2 nitrogen and oxygen atoms in total. The predicted octanol–water partition coefficient (Wildman–Crippen LogP) is 2.11. The van der Waals surface area contributed by atoms with E-state index in [-0.39, 0.29) is 11.5 Å². The molecule has 0 radical (unpaired) electrons. The molecule has 1 saturated heterocycles. The molecule has 5 atom stereocenters. The lowest BCUT2D eigenvalue weighted by molar-refractivity contribution is -0.126. The fraction of sp³-hybridized carbons (Fsp3) is 0.643. The Morgan fingerprint density at radius 3 is 3.00 bits per heavy atom. The predicted molar refractivity (Wildman–Crippen MR) is 59.8 cm³/mol. The van der Waals surface area contributed by atoms with Gasteiger partial charge in [0.05, 0.1) is 5.60 Å². The van der Waals surface area contributed by atoms with Crippen molar-refractivity contribution in [3.63, 3.8) is 0 Å². The highest BCUT2D eigenvalue weighted by molar-refractivity contribution is 5.94. The summed E-state index contributed by atoms with van der Waals surface area (Å²) in [5.74, 6) is 2.07. The summed E-state index contributed by atoms with van der Waals surface area (Å²) >= 11 is 0. The normalized spacial score (nSPS) is 52.9. The minimum Gasteiger partial charge on any atom is -0.371 e. The average Bonchev–Trinajstić information content (AvgIpc) is 2.99. The van der Waals surface area contributed by atoms with E-state index in [1.807, 2.05) is 0 Å². The molecule has 1 saturated carbocycles. The molecule has 2 heteroatoms. The molecule has 2 unspecified atom stereocenters. The van der Waals surface area contributed by atoms with Gasteiger partial charge in [-0.25, -0.2) is 0 Å². The average molecular weight is 216 g/mol. The molecule has 0 aromatic heterocycles. The maximum absolute atomic E-state index is 12.0. The number of fused-ring (bicyclic) bond motifs is 6. The van der Waals surface area contributed by atoms with E-state index in [1.165, 1.54) is 6.42 Å². The van der Waals surface area contributed by atoms with Crippen molar-refractivity contribution in [3.05, 3.63) is 24.3 Å². The van der Waals surface area contributed by atoms with Crippen LogP contribution in [-0.4, -0.2) is 18.0 Å². The molecule has 0 amide bonds. The number of hydrogen-bond acceptors (Lipinski definition) is 2. The molecule has 0 N–H and O–H groups in total. The molecule has 3 aliphatic carbocycles. The summed E-state index contributed by atoms with van der Waals surface area (Å²) in [5.41, 5.74) is -0.0945. The zero-order chi connectivity index (χ0) is 10.8. The molecule has 1 aliphatic heterocycles. The highest BCUT2D eigenvalue weighted by Crippen LogP contribution is 2.57.